The minimum atomic E-state index is 0.824. The van der Waals surface area contributed by atoms with Crippen molar-refractivity contribution in [2.45, 2.75) is 11.8 Å². The largest absolute Gasteiger partial charge is 0.263 e. The standard InChI is InChI=1S/C8H10ClNS/c1-6-3-4-7(11-10-2)5-8(6)9/h3-5,10H,1-2H3. The number of halogens is 1. The highest BCUT2D eigenvalue weighted by molar-refractivity contribution is 7.97. The van der Waals surface area contributed by atoms with Crippen molar-refractivity contribution in [3.63, 3.8) is 0 Å². The van der Waals surface area contributed by atoms with E-state index in [9.17, 15) is 0 Å². The van der Waals surface area contributed by atoms with Crippen LogP contribution in [0.15, 0.2) is 23.1 Å². The van der Waals surface area contributed by atoms with Gasteiger partial charge >= 0.3 is 0 Å². The van der Waals surface area contributed by atoms with Crippen LogP contribution in [0.4, 0.5) is 0 Å². The molecule has 0 saturated heterocycles. The van der Waals surface area contributed by atoms with Gasteiger partial charge in [-0.05, 0) is 43.6 Å². The van der Waals surface area contributed by atoms with E-state index < -0.39 is 0 Å². The van der Waals surface area contributed by atoms with E-state index in [-0.39, 0.29) is 0 Å². The fraction of sp³-hybridized carbons (Fsp3) is 0.250. The first kappa shape index (κ1) is 8.91. The second-order valence-corrected chi connectivity index (χ2v) is 3.71. The summed E-state index contributed by atoms with van der Waals surface area (Å²) in [5.41, 5.74) is 1.12. The highest BCUT2D eigenvalue weighted by atomic mass is 35.5. The van der Waals surface area contributed by atoms with Gasteiger partial charge in [-0.25, -0.2) is 0 Å². The zero-order chi connectivity index (χ0) is 8.27. The first-order valence-corrected chi connectivity index (χ1v) is 4.53. The van der Waals surface area contributed by atoms with Gasteiger partial charge in [-0.2, -0.15) is 0 Å². The van der Waals surface area contributed by atoms with Gasteiger partial charge in [-0.1, -0.05) is 17.7 Å². The van der Waals surface area contributed by atoms with Crippen molar-refractivity contribution in [2.75, 3.05) is 7.05 Å². The van der Waals surface area contributed by atoms with Crippen LogP contribution in [0.1, 0.15) is 5.56 Å². The minimum Gasteiger partial charge on any atom is -0.263 e. The molecule has 1 aromatic carbocycles. The summed E-state index contributed by atoms with van der Waals surface area (Å²) in [6.45, 7) is 2.00. The molecule has 0 heterocycles. The van der Waals surface area contributed by atoms with Gasteiger partial charge in [0.15, 0.2) is 0 Å². The molecule has 0 bridgehead atoms. The lowest BCUT2D eigenvalue weighted by molar-refractivity contribution is 1.27. The van der Waals surface area contributed by atoms with E-state index in [1.165, 1.54) is 0 Å². The Bertz CT molecular complexity index is 250. The van der Waals surface area contributed by atoms with Gasteiger partial charge in [0.1, 0.15) is 0 Å². The third-order valence-corrected chi connectivity index (χ3v) is 2.46. The Labute approximate surface area is 76.3 Å². The Kier molecular flexibility index (Phi) is 3.24. The quantitative estimate of drug-likeness (QED) is 0.715. The molecule has 0 aliphatic carbocycles. The van der Waals surface area contributed by atoms with E-state index in [2.05, 4.69) is 4.72 Å². The van der Waals surface area contributed by atoms with Crippen LogP contribution in [0.25, 0.3) is 0 Å². The lowest BCUT2D eigenvalue weighted by atomic mass is 10.2. The van der Waals surface area contributed by atoms with E-state index in [4.69, 9.17) is 11.6 Å². The van der Waals surface area contributed by atoms with Crippen LogP contribution in [0.3, 0.4) is 0 Å². The molecule has 0 aliphatic heterocycles. The highest BCUT2D eigenvalue weighted by Gasteiger charge is 1.96. The van der Waals surface area contributed by atoms with E-state index >= 15 is 0 Å². The second kappa shape index (κ2) is 4.00. The summed E-state index contributed by atoms with van der Waals surface area (Å²) in [6, 6.07) is 6.02. The topological polar surface area (TPSA) is 12.0 Å². The first-order valence-electron chi connectivity index (χ1n) is 3.34. The van der Waals surface area contributed by atoms with Gasteiger partial charge in [-0.3, -0.25) is 4.72 Å². The third-order valence-electron chi connectivity index (χ3n) is 1.36. The molecule has 0 fully saturated rings. The number of hydrogen-bond acceptors (Lipinski definition) is 2. The van der Waals surface area contributed by atoms with Crippen LogP contribution in [0.2, 0.25) is 5.02 Å². The fourth-order valence-electron chi connectivity index (χ4n) is 0.755. The molecule has 1 nitrogen and oxygen atoms in total. The summed E-state index contributed by atoms with van der Waals surface area (Å²) in [5.74, 6) is 0. The fourth-order valence-corrected chi connectivity index (χ4v) is 1.55. The molecular weight excluding hydrogens is 178 g/mol. The van der Waals surface area contributed by atoms with Gasteiger partial charge in [0.2, 0.25) is 0 Å². The van der Waals surface area contributed by atoms with Crippen LogP contribution in [-0.2, 0) is 0 Å². The average Bonchev–Trinajstić information content (AvgIpc) is 1.98. The smallest absolute Gasteiger partial charge is 0.0446 e. The maximum atomic E-state index is 5.91. The van der Waals surface area contributed by atoms with Crippen LogP contribution in [0.5, 0.6) is 0 Å². The molecule has 0 saturated carbocycles. The summed E-state index contributed by atoms with van der Waals surface area (Å²) in [6.07, 6.45) is 0. The molecule has 0 spiro atoms. The van der Waals surface area contributed by atoms with E-state index in [0.29, 0.717) is 0 Å². The SMILES string of the molecule is CNSc1ccc(C)c(Cl)c1. The first-order chi connectivity index (χ1) is 5.24. The van der Waals surface area contributed by atoms with Crippen LogP contribution in [-0.4, -0.2) is 7.05 Å². The van der Waals surface area contributed by atoms with E-state index in [1.807, 2.05) is 32.2 Å². The lowest BCUT2D eigenvalue weighted by Crippen LogP contribution is -1.90. The normalized spacial score (nSPS) is 10.1. The van der Waals surface area contributed by atoms with Crippen molar-refractivity contribution in [1.82, 2.24) is 4.72 Å². The number of hydrogen-bond donors (Lipinski definition) is 1. The molecular formula is C8H10ClNS. The van der Waals surface area contributed by atoms with Crippen molar-refractivity contribution in [1.29, 1.82) is 0 Å². The van der Waals surface area contributed by atoms with Crippen LogP contribution >= 0.6 is 23.5 Å². The van der Waals surface area contributed by atoms with Crippen LogP contribution < -0.4 is 4.72 Å². The zero-order valence-corrected chi connectivity index (χ0v) is 8.09. The van der Waals surface area contributed by atoms with Crippen molar-refractivity contribution >= 4 is 23.5 Å². The Morgan fingerprint density at radius 3 is 2.73 bits per heavy atom. The van der Waals surface area contributed by atoms with Gasteiger partial charge in [-0.15, -0.1) is 0 Å². The maximum absolute atomic E-state index is 5.91. The Hall–Kier alpha value is -0.180. The van der Waals surface area contributed by atoms with Gasteiger partial charge in [0.25, 0.3) is 0 Å². The zero-order valence-electron chi connectivity index (χ0n) is 6.52. The number of nitrogens with one attached hydrogen (secondary N) is 1. The van der Waals surface area contributed by atoms with E-state index in [0.717, 1.165) is 15.5 Å². The van der Waals surface area contributed by atoms with Gasteiger partial charge < -0.3 is 0 Å². The molecule has 0 atom stereocenters. The molecule has 1 aromatic rings. The average molecular weight is 188 g/mol. The predicted molar refractivity (Wildman–Crippen MR) is 51.1 cm³/mol. The number of aryl methyl sites for hydroxylation is 1. The number of rotatable bonds is 2. The molecule has 1 rings (SSSR count). The van der Waals surface area contributed by atoms with Crippen molar-refractivity contribution in [3.8, 4) is 0 Å². The molecule has 0 radical (unpaired) electrons. The second-order valence-electron chi connectivity index (χ2n) is 2.22. The van der Waals surface area contributed by atoms with Crippen LogP contribution in [0, 0.1) is 6.92 Å². The molecule has 0 aliphatic rings. The monoisotopic (exact) mass is 187 g/mol. The Morgan fingerprint density at radius 2 is 2.18 bits per heavy atom. The summed E-state index contributed by atoms with van der Waals surface area (Å²) in [7, 11) is 1.89. The molecule has 1 N–H and O–H groups in total. The highest BCUT2D eigenvalue weighted by Crippen LogP contribution is 2.21. The maximum Gasteiger partial charge on any atom is 0.0446 e. The van der Waals surface area contributed by atoms with Crippen molar-refractivity contribution in [2.24, 2.45) is 0 Å². The number of benzene rings is 1. The molecule has 0 aromatic heterocycles. The summed E-state index contributed by atoms with van der Waals surface area (Å²) < 4.78 is 2.99. The van der Waals surface area contributed by atoms with E-state index in [1.54, 1.807) is 11.9 Å². The van der Waals surface area contributed by atoms with Crippen molar-refractivity contribution in [3.05, 3.63) is 28.8 Å². The Morgan fingerprint density at radius 1 is 1.45 bits per heavy atom. The molecule has 11 heavy (non-hydrogen) atoms. The summed E-state index contributed by atoms with van der Waals surface area (Å²) >= 11 is 7.47. The third kappa shape index (κ3) is 2.40. The molecule has 3 heteroatoms. The predicted octanol–water partition coefficient (Wildman–Crippen LogP) is 2.87. The lowest BCUT2D eigenvalue weighted by Gasteiger charge is -2.01. The molecule has 0 unspecified atom stereocenters. The minimum absolute atomic E-state index is 0.824. The van der Waals surface area contributed by atoms with Crippen molar-refractivity contribution < 1.29 is 0 Å². The summed E-state index contributed by atoms with van der Waals surface area (Å²) in [4.78, 5) is 1.14. The summed E-state index contributed by atoms with van der Waals surface area (Å²) in [5, 5.41) is 0.824. The Balaban J connectivity index is 2.86. The molecule has 0 amide bonds. The molecule has 60 valence electrons. The van der Waals surface area contributed by atoms with Gasteiger partial charge in [0.05, 0.1) is 0 Å². The van der Waals surface area contributed by atoms with Gasteiger partial charge in [0, 0.05) is 9.92 Å².